The highest BCUT2D eigenvalue weighted by molar-refractivity contribution is 6.38. The molecule has 58 heavy (non-hydrogen) atoms. The van der Waals surface area contributed by atoms with Crippen molar-refractivity contribution in [2.24, 2.45) is 20.5 Å². The molecule has 2 unspecified atom stereocenters. The largest absolute Gasteiger partial charge is 0.322 e. The Balaban J connectivity index is 1.25. The normalized spacial score (nSPS) is 12.1. The SMILES string of the molecule is CC(=O)C(N=Nc1ccc(Cl)c(C(=O)Nc2ccccc2)c1)C(=O)Nc1cc(Cl)c(NC(=O)C(N=Nc2ccc(Cl)c(C(=O)Nc3ccccc3)c2)C(C)=O)cc1Cl. The quantitative estimate of drug-likeness (QED) is 0.0632. The molecule has 5 aromatic rings. The third kappa shape index (κ3) is 11.4. The minimum Gasteiger partial charge on any atom is -0.322 e. The number of hydrogen-bond donors (Lipinski definition) is 4. The van der Waals surface area contributed by atoms with Gasteiger partial charge in [0.15, 0.2) is 11.6 Å². The number of para-hydroxylation sites is 2. The molecule has 18 heteroatoms. The average Bonchev–Trinajstić information content (AvgIpc) is 3.18. The fraction of sp³-hybridized carbons (Fsp3) is 0.100. The second-order valence-electron chi connectivity index (χ2n) is 12.2. The molecule has 5 rings (SSSR count). The van der Waals surface area contributed by atoms with Crippen molar-refractivity contribution in [3.05, 3.63) is 140 Å². The number of benzene rings is 5. The summed E-state index contributed by atoms with van der Waals surface area (Å²) in [7, 11) is 0. The summed E-state index contributed by atoms with van der Waals surface area (Å²) in [5.41, 5.74) is 1.43. The van der Waals surface area contributed by atoms with Crippen molar-refractivity contribution < 1.29 is 28.8 Å². The minimum absolute atomic E-state index is 0.0415. The molecular formula is C40H30Cl4N8O6. The van der Waals surface area contributed by atoms with Gasteiger partial charge in [-0.05, 0) is 86.6 Å². The van der Waals surface area contributed by atoms with Crippen molar-refractivity contribution in [3.8, 4) is 0 Å². The van der Waals surface area contributed by atoms with Gasteiger partial charge in [-0.25, -0.2) is 0 Å². The van der Waals surface area contributed by atoms with E-state index < -0.39 is 47.3 Å². The van der Waals surface area contributed by atoms with Gasteiger partial charge in [-0.1, -0.05) is 82.8 Å². The molecule has 0 aliphatic heterocycles. The molecule has 0 aliphatic rings. The first-order valence-electron chi connectivity index (χ1n) is 17.0. The summed E-state index contributed by atoms with van der Waals surface area (Å²) in [6.07, 6.45) is 0. The molecule has 0 fully saturated rings. The van der Waals surface area contributed by atoms with Crippen LogP contribution in [0.25, 0.3) is 0 Å². The van der Waals surface area contributed by atoms with Gasteiger partial charge in [0.05, 0.1) is 54.0 Å². The van der Waals surface area contributed by atoms with E-state index in [0.29, 0.717) is 11.4 Å². The number of carbonyl (C=O) groups excluding carboxylic acids is 6. The van der Waals surface area contributed by atoms with Crippen molar-refractivity contribution in [3.63, 3.8) is 0 Å². The molecule has 14 nitrogen and oxygen atoms in total. The summed E-state index contributed by atoms with van der Waals surface area (Å²) in [6, 6.07) is 25.0. The van der Waals surface area contributed by atoms with Crippen molar-refractivity contribution in [2.75, 3.05) is 21.3 Å². The van der Waals surface area contributed by atoms with Crippen LogP contribution in [-0.2, 0) is 19.2 Å². The Labute approximate surface area is 351 Å². The maximum Gasteiger partial charge on any atom is 0.258 e. The van der Waals surface area contributed by atoms with Gasteiger partial charge in [0.25, 0.3) is 23.6 Å². The Morgan fingerprint density at radius 2 is 0.828 bits per heavy atom. The molecule has 0 aliphatic carbocycles. The fourth-order valence-corrected chi connectivity index (χ4v) is 5.79. The summed E-state index contributed by atoms with van der Waals surface area (Å²) in [5, 5.41) is 26.2. The molecule has 0 bridgehead atoms. The lowest BCUT2D eigenvalue weighted by molar-refractivity contribution is -0.127. The monoisotopic (exact) mass is 858 g/mol. The minimum atomic E-state index is -1.64. The number of hydrogen-bond acceptors (Lipinski definition) is 10. The zero-order valence-corrected chi connectivity index (χ0v) is 33.3. The van der Waals surface area contributed by atoms with Gasteiger partial charge in [0.2, 0.25) is 12.1 Å². The maximum atomic E-state index is 13.2. The van der Waals surface area contributed by atoms with Gasteiger partial charge in [-0.2, -0.15) is 20.5 Å². The molecule has 0 radical (unpaired) electrons. The van der Waals surface area contributed by atoms with E-state index in [-0.39, 0.29) is 54.0 Å². The summed E-state index contributed by atoms with van der Waals surface area (Å²) < 4.78 is 0. The van der Waals surface area contributed by atoms with Crippen LogP contribution in [0, 0.1) is 0 Å². The lowest BCUT2D eigenvalue weighted by atomic mass is 10.1. The van der Waals surface area contributed by atoms with Crippen LogP contribution < -0.4 is 21.3 Å². The van der Waals surface area contributed by atoms with E-state index in [0.717, 1.165) is 13.8 Å². The van der Waals surface area contributed by atoms with Crippen molar-refractivity contribution >= 4 is 116 Å². The van der Waals surface area contributed by atoms with E-state index in [9.17, 15) is 28.8 Å². The van der Waals surface area contributed by atoms with Gasteiger partial charge >= 0.3 is 0 Å². The van der Waals surface area contributed by atoms with Crippen LogP contribution in [0.5, 0.6) is 0 Å². The predicted molar refractivity (Wildman–Crippen MR) is 223 cm³/mol. The molecule has 0 saturated heterocycles. The number of halogens is 4. The summed E-state index contributed by atoms with van der Waals surface area (Å²) in [6.45, 7) is 2.27. The van der Waals surface area contributed by atoms with Gasteiger partial charge in [0.1, 0.15) is 0 Å². The van der Waals surface area contributed by atoms with Crippen molar-refractivity contribution in [1.82, 2.24) is 0 Å². The third-order valence-electron chi connectivity index (χ3n) is 7.87. The average molecular weight is 861 g/mol. The molecular weight excluding hydrogens is 830 g/mol. The molecule has 294 valence electrons. The molecule has 4 amide bonds. The second kappa shape index (κ2) is 19.7. The van der Waals surface area contributed by atoms with E-state index in [1.54, 1.807) is 60.7 Å². The summed E-state index contributed by atoms with van der Waals surface area (Å²) in [4.78, 5) is 77.1. The predicted octanol–water partition coefficient (Wildman–Crippen LogP) is 10.2. The first-order chi connectivity index (χ1) is 27.7. The van der Waals surface area contributed by atoms with E-state index in [1.165, 1.54) is 48.5 Å². The van der Waals surface area contributed by atoms with E-state index in [2.05, 4.69) is 41.7 Å². The van der Waals surface area contributed by atoms with Crippen LogP contribution in [0.4, 0.5) is 34.1 Å². The second-order valence-corrected chi connectivity index (χ2v) is 13.8. The first kappa shape index (κ1) is 42.8. The van der Waals surface area contributed by atoms with Crippen LogP contribution in [-0.4, -0.2) is 47.3 Å². The number of ketones is 2. The maximum absolute atomic E-state index is 13.2. The van der Waals surface area contributed by atoms with Gasteiger partial charge in [-0.3, -0.25) is 28.8 Å². The summed E-state index contributed by atoms with van der Waals surface area (Å²) in [5.74, 6) is -4.19. The Hall–Kier alpha value is -6.32. The molecule has 0 aromatic heterocycles. The zero-order valence-electron chi connectivity index (χ0n) is 30.3. The fourth-order valence-electron chi connectivity index (χ4n) is 4.96. The molecule has 0 spiro atoms. The lowest BCUT2D eigenvalue weighted by Crippen LogP contribution is -2.32. The number of anilines is 4. The first-order valence-corrected chi connectivity index (χ1v) is 18.5. The Bertz CT molecular complexity index is 2300. The highest BCUT2D eigenvalue weighted by Crippen LogP contribution is 2.34. The number of nitrogens with zero attached hydrogens (tertiary/aromatic N) is 4. The number of amides is 4. The Kier molecular flexibility index (Phi) is 14.5. The molecule has 0 heterocycles. The van der Waals surface area contributed by atoms with Crippen molar-refractivity contribution in [2.45, 2.75) is 25.9 Å². The Morgan fingerprint density at radius 1 is 0.466 bits per heavy atom. The highest BCUT2D eigenvalue weighted by atomic mass is 35.5. The topological polar surface area (TPSA) is 200 Å². The standard InChI is InChI=1S/C40H30Cl4N8O6/c1-21(53)35(51-49-25-13-15-29(41)27(17-25)37(55)45-23-9-5-3-6-10-23)39(57)47-33-19-32(44)34(20-31(33)43)48-40(58)36(22(2)54)52-50-26-14-16-30(42)28(18-26)38(56)46-24-11-7-4-8-12-24/h3-20,35-36H,1-2H3,(H,45,55)(H,46,56)(H,47,57)(H,48,58). The van der Waals surface area contributed by atoms with Crippen LogP contribution in [0.3, 0.4) is 0 Å². The third-order valence-corrected chi connectivity index (χ3v) is 9.15. The van der Waals surface area contributed by atoms with E-state index in [4.69, 9.17) is 46.4 Å². The lowest BCUT2D eigenvalue weighted by Gasteiger charge is -2.15. The number of rotatable bonds is 14. The van der Waals surface area contributed by atoms with Gasteiger partial charge < -0.3 is 21.3 Å². The summed E-state index contributed by atoms with van der Waals surface area (Å²) >= 11 is 25.3. The number of nitrogens with one attached hydrogen (secondary N) is 4. The van der Waals surface area contributed by atoms with Crippen molar-refractivity contribution in [1.29, 1.82) is 0 Å². The van der Waals surface area contributed by atoms with Crippen LogP contribution in [0.15, 0.2) is 130 Å². The van der Waals surface area contributed by atoms with Crippen LogP contribution >= 0.6 is 46.4 Å². The van der Waals surface area contributed by atoms with E-state index >= 15 is 0 Å². The highest BCUT2D eigenvalue weighted by Gasteiger charge is 2.27. The van der Waals surface area contributed by atoms with Crippen LogP contribution in [0.2, 0.25) is 20.1 Å². The Morgan fingerprint density at radius 3 is 1.17 bits per heavy atom. The van der Waals surface area contributed by atoms with E-state index in [1.807, 2.05) is 0 Å². The molecule has 0 saturated carbocycles. The zero-order chi connectivity index (χ0) is 41.9. The molecule has 5 aromatic carbocycles. The number of azo groups is 2. The van der Waals surface area contributed by atoms with Gasteiger partial charge in [-0.15, -0.1) is 0 Å². The molecule has 4 N–H and O–H groups in total. The van der Waals surface area contributed by atoms with Gasteiger partial charge in [0, 0.05) is 11.4 Å². The number of carbonyl (C=O) groups is 6. The number of Topliss-reactive ketones (excluding diaryl/α,β-unsaturated/α-hetero) is 2. The van der Waals surface area contributed by atoms with Crippen LogP contribution in [0.1, 0.15) is 34.6 Å². The smallest absolute Gasteiger partial charge is 0.258 e. The molecule has 2 atom stereocenters.